The quantitative estimate of drug-likeness (QED) is 0.883. The predicted molar refractivity (Wildman–Crippen MR) is 81.3 cm³/mol. The van der Waals surface area contributed by atoms with E-state index in [0.717, 1.165) is 29.3 Å². The average Bonchev–Trinajstić information content (AvgIpc) is 2.92. The van der Waals surface area contributed by atoms with Crippen molar-refractivity contribution in [2.75, 3.05) is 0 Å². The van der Waals surface area contributed by atoms with Gasteiger partial charge in [-0.2, -0.15) is 10.2 Å². The number of H-pyrrole nitrogens is 1. The highest BCUT2D eigenvalue weighted by Crippen LogP contribution is 2.13. The van der Waals surface area contributed by atoms with Crippen molar-refractivity contribution < 1.29 is 4.79 Å². The number of carbonyl (C=O) groups excluding carboxylic acids is 1. The second kappa shape index (κ2) is 6.11. The summed E-state index contributed by atoms with van der Waals surface area (Å²) in [6.07, 6.45) is 0.704. The number of amides is 1. The summed E-state index contributed by atoms with van der Waals surface area (Å²) < 4.78 is 1.85. The van der Waals surface area contributed by atoms with E-state index in [1.54, 1.807) is 0 Å². The second-order valence-corrected chi connectivity index (χ2v) is 5.48. The number of nitrogens with zero attached hydrogens (tertiary/aromatic N) is 3. The van der Waals surface area contributed by atoms with Crippen LogP contribution in [-0.4, -0.2) is 31.9 Å². The maximum atomic E-state index is 12.4. The van der Waals surface area contributed by atoms with E-state index < -0.39 is 0 Å². The molecule has 2 rings (SSSR count). The summed E-state index contributed by atoms with van der Waals surface area (Å²) in [5, 5.41) is 14.5. The Labute approximate surface area is 124 Å². The smallest absolute Gasteiger partial charge is 0.255 e. The van der Waals surface area contributed by atoms with Crippen LogP contribution in [0.3, 0.4) is 0 Å². The summed E-state index contributed by atoms with van der Waals surface area (Å²) in [7, 11) is 0. The SMILES string of the molecule is CCn1nc(C)c(C(=O)N[C@@H](C)Cc2cc(C)[nH]n2)c1C. The molecule has 6 heteroatoms. The molecule has 0 bridgehead atoms. The Morgan fingerprint density at radius 2 is 2.14 bits per heavy atom. The van der Waals surface area contributed by atoms with Gasteiger partial charge in [0.1, 0.15) is 0 Å². The van der Waals surface area contributed by atoms with Gasteiger partial charge in [-0.25, -0.2) is 0 Å². The fourth-order valence-corrected chi connectivity index (χ4v) is 2.57. The number of hydrogen-bond donors (Lipinski definition) is 2. The molecule has 1 atom stereocenters. The zero-order valence-corrected chi connectivity index (χ0v) is 13.3. The number of nitrogens with one attached hydrogen (secondary N) is 2. The van der Waals surface area contributed by atoms with Crippen molar-refractivity contribution in [1.82, 2.24) is 25.3 Å². The first-order valence-electron chi connectivity index (χ1n) is 7.28. The first-order valence-corrected chi connectivity index (χ1v) is 7.28. The summed E-state index contributed by atoms with van der Waals surface area (Å²) in [5.74, 6) is -0.0653. The van der Waals surface area contributed by atoms with Gasteiger partial charge in [0.05, 0.1) is 17.0 Å². The number of aryl methyl sites for hydroxylation is 3. The molecule has 0 saturated heterocycles. The zero-order chi connectivity index (χ0) is 15.6. The van der Waals surface area contributed by atoms with Crippen molar-refractivity contribution in [2.24, 2.45) is 0 Å². The van der Waals surface area contributed by atoms with Crippen LogP contribution in [0.2, 0.25) is 0 Å². The lowest BCUT2D eigenvalue weighted by atomic mass is 10.1. The third-order valence-electron chi connectivity index (χ3n) is 3.56. The Morgan fingerprint density at radius 1 is 1.43 bits per heavy atom. The van der Waals surface area contributed by atoms with Gasteiger partial charge < -0.3 is 5.32 Å². The Kier molecular flexibility index (Phi) is 4.45. The second-order valence-electron chi connectivity index (χ2n) is 5.48. The lowest BCUT2D eigenvalue weighted by Gasteiger charge is -2.12. The van der Waals surface area contributed by atoms with Crippen molar-refractivity contribution in [3.05, 3.63) is 34.4 Å². The molecule has 2 heterocycles. The topological polar surface area (TPSA) is 75.6 Å². The van der Waals surface area contributed by atoms with E-state index in [4.69, 9.17) is 0 Å². The van der Waals surface area contributed by atoms with Crippen LogP contribution >= 0.6 is 0 Å². The molecule has 0 unspecified atom stereocenters. The molecule has 21 heavy (non-hydrogen) atoms. The molecule has 0 saturated carbocycles. The molecule has 114 valence electrons. The summed E-state index contributed by atoms with van der Waals surface area (Å²) in [6, 6.07) is 2.01. The van der Waals surface area contributed by atoms with Crippen LogP contribution in [0.1, 0.15) is 47.0 Å². The third kappa shape index (κ3) is 3.32. The molecular formula is C15H23N5O. The molecule has 0 aliphatic heterocycles. The summed E-state index contributed by atoms with van der Waals surface area (Å²) in [6.45, 7) is 10.5. The minimum Gasteiger partial charge on any atom is -0.349 e. The monoisotopic (exact) mass is 289 g/mol. The van der Waals surface area contributed by atoms with Gasteiger partial charge in [0.25, 0.3) is 5.91 Å². The fraction of sp³-hybridized carbons (Fsp3) is 0.533. The van der Waals surface area contributed by atoms with Gasteiger partial charge in [0.2, 0.25) is 0 Å². The molecule has 0 aromatic carbocycles. The largest absolute Gasteiger partial charge is 0.349 e. The van der Waals surface area contributed by atoms with Crippen LogP contribution in [0.4, 0.5) is 0 Å². The molecule has 2 N–H and O–H groups in total. The molecule has 2 aromatic heterocycles. The number of carbonyl (C=O) groups is 1. The summed E-state index contributed by atoms with van der Waals surface area (Å²) in [4.78, 5) is 12.4. The fourth-order valence-electron chi connectivity index (χ4n) is 2.57. The highest BCUT2D eigenvalue weighted by molar-refractivity contribution is 5.96. The van der Waals surface area contributed by atoms with E-state index in [1.807, 2.05) is 45.4 Å². The van der Waals surface area contributed by atoms with Crippen LogP contribution in [0.25, 0.3) is 0 Å². The van der Waals surface area contributed by atoms with Crippen LogP contribution in [0.5, 0.6) is 0 Å². The van der Waals surface area contributed by atoms with Gasteiger partial charge in [0, 0.05) is 30.4 Å². The zero-order valence-electron chi connectivity index (χ0n) is 13.3. The lowest BCUT2D eigenvalue weighted by Crippen LogP contribution is -2.34. The van der Waals surface area contributed by atoms with Gasteiger partial charge in [0.15, 0.2) is 0 Å². The van der Waals surface area contributed by atoms with Gasteiger partial charge in [-0.3, -0.25) is 14.6 Å². The van der Waals surface area contributed by atoms with E-state index in [0.29, 0.717) is 12.0 Å². The van der Waals surface area contributed by atoms with Gasteiger partial charge in [-0.15, -0.1) is 0 Å². The average molecular weight is 289 g/mol. The summed E-state index contributed by atoms with van der Waals surface area (Å²) >= 11 is 0. The van der Waals surface area contributed by atoms with E-state index in [2.05, 4.69) is 20.6 Å². The number of aromatic nitrogens is 4. The molecule has 1 amide bonds. The van der Waals surface area contributed by atoms with Crippen molar-refractivity contribution in [1.29, 1.82) is 0 Å². The van der Waals surface area contributed by atoms with Gasteiger partial charge >= 0.3 is 0 Å². The van der Waals surface area contributed by atoms with E-state index in [9.17, 15) is 4.79 Å². The van der Waals surface area contributed by atoms with Crippen molar-refractivity contribution in [3.63, 3.8) is 0 Å². The van der Waals surface area contributed by atoms with Crippen LogP contribution in [-0.2, 0) is 13.0 Å². The first-order chi connectivity index (χ1) is 9.92. The van der Waals surface area contributed by atoms with E-state index in [-0.39, 0.29) is 11.9 Å². The third-order valence-corrected chi connectivity index (χ3v) is 3.56. The first kappa shape index (κ1) is 15.3. The molecule has 0 aliphatic rings. The molecule has 0 fully saturated rings. The summed E-state index contributed by atoms with van der Waals surface area (Å²) in [5.41, 5.74) is 4.35. The van der Waals surface area contributed by atoms with Gasteiger partial charge in [-0.05, 0) is 40.7 Å². The number of rotatable bonds is 5. The number of aromatic amines is 1. The maximum absolute atomic E-state index is 12.4. The normalized spacial score (nSPS) is 12.4. The Hall–Kier alpha value is -2.11. The molecule has 2 aromatic rings. The molecule has 6 nitrogen and oxygen atoms in total. The van der Waals surface area contributed by atoms with Crippen LogP contribution in [0.15, 0.2) is 6.07 Å². The minimum absolute atomic E-state index is 0.0176. The molecule has 0 spiro atoms. The van der Waals surface area contributed by atoms with Crippen molar-refractivity contribution in [3.8, 4) is 0 Å². The molecule has 0 radical (unpaired) electrons. The van der Waals surface area contributed by atoms with Crippen molar-refractivity contribution >= 4 is 5.91 Å². The van der Waals surface area contributed by atoms with E-state index >= 15 is 0 Å². The Morgan fingerprint density at radius 3 is 2.67 bits per heavy atom. The van der Waals surface area contributed by atoms with Crippen LogP contribution in [0, 0.1) is 20.8 Å². The maximum Gasteiger partial charge on any atom is 0.255 e. The number of hydrogen-bond acceptors (Lipinski definition) is 3. The van der Waals surface area contributed by atoms with Crippen molar-refractivity contribution in [2.45, 2.75) is 53.6 Å². The van der Waals surface area contributed by atoms with Crippen LogP contribution < -0.4 is 5.32 Å². The minimum atomic E-state index is -0.0653. The lowest BCUT2D eigenvalue weighted by molar-refractivity contribution is 0.0938. The molecular weight excluding hydrogens is 266 g/mol. The highest BCUT2D eigenvalue weighted by atomic mass is 16.1. The van der Waals surface area contributed by atoms with E-state index in [1.165, 1.54) is 0 Å². The Bertz CT molecular complexity index is 641. The standard InChI is InChI=1S/C15H23N5O/c1-6-20-12(5)14(11(4)19-20)15(21)16-9(2)7-13-8-10(3)17-18-13/h8-9H,6-7H2,1-5H3,(H,16,21)(H,17,18)/t9-/m0/s1. The highest BCUT2D eigenvalue weighted by Gasteiger charge is 2.19. The molecule has 0 aliphatic carbocycles. The Balaban J connectivity index is 2.05. The van der Waals surface area contributed by atoms with Gasteiger partial charge in [-0.1, -0.05) is 0 Å². The predicted octanol–water partition coefficient (Wildman–Crippen LogP) is 1.91.